The molecule has 0 heterocycles. The third-order valence-corrected chi connectivity index (χ3v) is 4.61. The van der Waals surface area contributed by atoms with E-state index in [0.717, 1.165) is 12.3 Å². The minimum absolute atomic E-state index is 0.00602. The van der Waals surface area contributed by atoms with Gasteiger partial charge in [-0.25, -0.2) is 4.79 Å². The molecule has 1 N–H and O–H groups in total. The number of methoxy groups -OCH3 is 1. The second-order valence-corrected chi connectivity index (χ2v) is 7.96. The van der Waals surface area contributed by atoms with Crippen LogP contribution in [0.2, 0.25) is 0 Å². The van der Waals surface area contributed by atoms with Crippen LogP contribution >= 0.6 is 0 Å². The molecule has 0 aromatic rings. The van der Waals surface area contributed by atoms with Gasteiger partial charge in [-0.3, -0.25) is 0 Å². The standard InChI is InChI=1S/C18H33NO2/c1-12(2)15-9-8-13(3)10-14(15)11-16(18(4,5)6)19-17(20)21-7/h11-13,15-16H,8-10H2,1-7H3,(H,19,20)/b14-11+/t13-,15+,16+/m1/s1. The molecule has 21 heavy (non-hydrogen) atoms. The van der Waals surface area contributed by atoms with E-state index < -0.39 is 0 Å². The maximum atomic E-state index is 11.6. The summed E-state index contributed by atoms with van der Waals surface area (Å²) in [5.74, 6) is 2.04. The van der Waals surface area contributed by atoms with E-state index >= 15 is 0 Å². The molecule has 1 fully saturated rings. The molecule has 1 rings (SSSR count). The fourth-order valence-corrected chi connectivity index (χ4v) is 3.17. The molecule has 0 aromatic carbocycles. The molecule has 0 aliphatic heterocycles. The van der Waals surface area contributed by atoms with Crippen LogP contribution in [0, 0.1) is 23.2 Å². The van der Waals surface area contributed by atoms with Crippen molar-refractivity contribution in [2.45, 2.75) is 66.8 Å². The van der Waals surface area contributed by atoms with Crippen LogP contribution in [0.3, 0.4) is 0 Å². The molecule has 3 nitrogen and oxygen atoms in total. The Morgan fingerprint density at radius 1 is 1.33 bits per heavy atom. The molecule has 122 valence electrons. The normalized spacial score (nSPS) is 26.8. The molecule has 3 heteroatoms. The van der Waals surface area contributed by atoms with Gasteiger partial charge in [-0.1, -0.05) is 53.2 Å². The molecule has 1 aliphatic carbocycles. The fraction of sp³-hybridized carbons (Fsp3) is 0.833. The predicted molar refractivity (Wildman–Crippen MR) is 88.2 cm³/mol. The minimum atomic E-state index is -0.350. The van der Waals surface area contributed by atoms with E-state index in [0.29, 0.717) is 11.8 Å². The molecule has 0 spiro atoms. The van der Waals surface area contributed by atoms with Gasteiger partial charge >= 0.3 is 6.09 Å². The number of allylic oxidation sites excluding steroid dienone is 1. The first-order chi connectivity index (χ1) is 9.65. The molecule has 0 bridgehead atoms. The van der Waals surface area contributed by atoms with Gasteiger partial charge in [0.1, 0.15) is 0 Å². The molecule has 0 saturated heterocycles. The van der Waals surface area contributed by atoms with Gasteiger partial charge < -0.3 is 10.1 Å². The van der Waals surface area contributed by atoms with Crippen molar-refractivity contribution in [3.8, 4) is 0 Å². The number of ether oxygens (including phenoxy) is 1. The van der Waals surface area contributed by atoms with E-state index in [1.807, 2.05) is 0 Å². The predicted octanol–water partition coefficient (Wildman–Crippen LogP) is 4.78. The first-order valence-corrected chi connectivity index (χ1v) is 8.20. The lowest BCUT2D eigenvalue weighted by molar-refractivity contribution is 0.159. The minimum Gasteiger partial charge on any atom is -0.453 e. The first kappa shape index (κ1) is 18.1. The Kier molecular flexibility index (Phi) is 6.30. The average Bonchev–Trinajstić information content (AvgIpc) is 2.36. The molecule has 1 amide bonds. The van der Waals surface area contributed by atoms with Crippen molar-refractivity contribution < 1.29 is 9.53 Å². The Bertz CT molecular complexity index is 379. The number of hydrogen-bond donors (Lipinski definition) is 1. The molecule has 0 radical (unpaired) electrons. The van der Waals surface area contributed by atoms with E-state index in [1.54, 1.807) is 0 Å². The lowest BCUT2D eigenvalue weighted by atomic mass is 9.72. The summed E-state index contributed by atoms with van der Waals surface area (Å²) in [6.45, 7) is 13.4. The molecular formula is C18H33NO2. The van der Waals surface area contributed by atoms with Gasteiger partial charge in [0.05, 0.1) is 13.2 Å². The number of rotatable bonds is 3. The van der Waals surface area contributed by atoms with Gasteiger partial charge in [-0.15, -0.1) is 0 Å². The number of alkyl carbamates (subject to hydrolysis) is 1. The zero-order chi connectivity index (χ0) is 16.2. The number of nitrogens with one attached hydrogen (secondary N) is 1. The molecule has 1 saturated carbocycles. The monoisotopic (exact) mass is 295 g/mol. The Hall–Kier alpha value is -0.990. The number of carbonyl (C=O) groups excluding carboxylic acids is 1. The highest BCUT2D eigenvalue weighted by atomic mass is 16.5. The number of amides is 1. The van der Waals surface area contributed by atoms with Gasteiger partial charge in [0.15, 0.2) is 0 Å². The van der Waals surface area contributed by atoms with Gasteiger partial charge in [0, 0.05) is 0 Å². The second kappa shape index (κ2) is 7.33. The molecular weight excluding hydrogens is 262 g/mol. The summed E-state index contributed by atoms with van der Waals surface area (Å²) >= 11 is 0. The largest absolute Gasteiger partial charge is 0.453 e. The van der Waals surface area contributed by atoms with Crippen LogP contribution in [-0.2, 0) is 4.74 Å². The highest BCUT2D eigenvalue weighted by Crippen LogP contribution is 2.38. The van der Waals surface area contributed by atoms with Crippen molar-refractivity contribution in [1.82, 2.24) is 5.32 Å². The molecule has 0 aromatic heterocycles. The smallest absolute Gasteiger partial charge is 0.407 e. The van der Waals surface area contributed by atoms with Crippen LogP contribution in [0.1, 0.15) is 60.8 Å². The Labute approximate surface area is 130 Å². The molecule has 3 atom stereocenters. The van der Waals surface area contributed by atoms with Crippen LogP contribution in [0.4, 0.5) is 4.79 Å². The van der Waals surface area contributed by atoms with Crippen molar-refractivity contribution in [2.24, 2.45) is 23.2 Å². The molecule has 1 aliphatic rings. The number of hydrogen-bond acceptors (Lipinski definition) is 2. The summed E-state index contributed by atoms with van der Waals surface area (Å²) in [7, 11) is 1.42. The van der Waals surface area contributed by atoms with Crippen LogP contribution < -0.4 is 5.32 Å². The summed E-state index contributed by atoms with van der Waals surface area (Å²) < 4.78 is 4.78. The average molecular weight is 295 g/mol. The van der Waals surface area contributed by atoms with Gasteiger partial charge in [-0.2, -0.15) is 0 Å². The van der Waals surface area contributed by atoms with Crippen molar-refractivity contribution in [2.75, 3.05) is 7.11 Å². The SMILES string of the molecule is COC(=O)N[C@@H](/C=C1\C[C@H](C)CC[C@H]1C(C)C)C(C)(C)C. The van der Waals surface area contributed by atoms with E-state index in [4.69, 9.17) is 4.74 Å². The van der Waals surface area contributed by atoms with Crippen LogP contribution in [0.5, 0.6) is 0 Å². The summed E-state index contributed by atoms with van der Waals surface area (Å²) in [6.07, 6.45) is 5.68. The van der Waals surface area contributed by atoms with Crippen molar-refractivity contribution in [3.05, 3.63) is 11.6 Å². The second-order valence-electron chi connectivity index (χ2n) is 7.96. The van der Waals surface area contributed by atoms with E-state index in [2.05, 4.69) is 52.9 Å². The topological polar surface area (TPSA) is 38.3 Å². The van der Waals surface area contributed by atoms with Gasteiger partial charge in [0.2, 0.25) is 0 Å². The fourth-order valence-electron chi connectivity index (χ4n) is 3.17. The summed E-state index contributed by atoms with van der Waals surface area (Å²) in [6, 6.07) is 0.00602. The Morgan fingerprint density at radius 3 is 2.43 bits per heavy atom. The zero-order valence-electron chi connectivity index (χ0n) is 14.8. The third kappa shape index (κ3) is 5.37. The third-order valence-electron chi connectivity index (χ3n) is 4.61. The first-order valence-electron chi connectivity index (χ1n) is 8.20. The zero-order valence-corrected chi connectivity index (χ0v) is 14.8. The lowest BCUT2D eigenvalue weighted by Gasteiger charge is -2.35. The van der Waals surface area contributed by atoms with Crippen LogP contribution in [-0.4, -0.2) is 19.2 Å². The highest BCUT2D eigenvalue weighted by molar-refractivity contribution is 5.67. The van der Waals surface area contributed by atoms with Crippen molar-refractivity contribution >= 4 is 6.09 Å². The summed E-state index contributed by atoms with van der Waals surface area (Å²) in [5.41, 5.74) is 1.49. The Balaban J connectivity index is 3.01. The van der Waals surface area contributed by atoms with Gasteiger partial charge in [0.25, 0.3) is 0 Å². The van der Waals surface area contributed by atoms with E-state index in [1.165, 1.54) is 25.5 Å². The van der Waals surface area contributed by atoms with Crippen LogP contribution in [0.25, 0.3) is 0 Å². The van der Waals surface area contributed by atoms with E-state index in [9.17, 15) is 4.79 Å². The quantitative estimate of drug-likeness (QED) is 0.761. The van der Waals surface area contributed by atoms with Crippen molar-refractivity contribution in [3.63, 3.8) is 0 Å². The molecule has 0 unspecified atom stereocenters. The maximum Gasteiger partial charge on any atom is 0.407 e. The van der Waals surface area contributed by atoms with Crippen molar-refractivity contribution in [1.29, 1.82) is 0 Å². The number of carbonyl (C=O) groups is 1. The van der Waals surface area contributed by atoms with E-state index in [-0.39, 0.29) is 17.6 Å². The highest BCUT2D eigenvalue weighted by Gasteiger charge is 2.30. The van der Waals surface area contributed by atoms with Crippen LogP contribution in [0.15, 0.2) is 11.6 Å². The lowest BCUT2D eigenvalue weighted by Crippen LogP contribution is -2.43. The van der Waals surface area contributed by atoms with Gasteiger partial charge in [-0.05, 0) is 42.4 Å². The Morgan fingerprint density at radius 2 is 1.95 bits per heavy atom. The summed E-state index contributed by atoms with van der Waals surface area (Å²) in [4.78, 5) is 11.6. The maximum absolute atomic E-state index is 11.6. The summed E-state index contributed by atoms with van der Waals surface area (Å²) in [5, 5.41) is 2.99.